The normalized spacial score (nSPS) is 12.1. The zero-order valence-corrected chi connectivity index (χ0v) is 18.3. The molecule has 3 aromatic rings. The first-order valence-corrected chi connectivity index (χ1v) is 10.2. The third-order valence-electron chi connectivity index (χ3n) is 4.88. The molecule has 0 heterocycles. The minimum absolute atomic E-state index is 0.0321. The molecule has 0 radical (unpaired) electrons. The van der Waals surface area contributed by atoms with Gasteiger partial charge in [0.25, 0.3) is 11.8 Å². The number of hydrogen-bond donors (Lipinski definition) is 2. The first-order valence-electron chi connectivity index (χ1n) is 10.2. The maximum atomic E-state index is 12.8. The standard InChI is InChI=1S/C25H23F3N2O3/c1-15-7-8-16(2)22(13-15)33-17(3)23(31)29-20-11-9-18(10-12-20)24(32)30-21-6-4-5-19(14-21)25(26,27)28/h4-14,17H,1-3H3,(H,29,31)(H,30,32). The summed E-state index contributed by atoms with van der Waals surface area (Å²) in [5.74, 6) is -0.310. The van der Waals surface area contributed by atoms with Crippen molar-refractivity contribution in [2.45, 2.75) is 33.1 Å². The number of halogens is 3. The second kappa shape index (κ2) is 9.77. The quantitative estimate of drug-likeness (QED) is 0.480. The van der Waals surface area contributed by atoms with E-state index in [1.165, 1.54) is 36.4 Å². The monoisotopic (exact) mass is 456 g/mol. The first kappa shape index (κ1) is 23.8. The zero-order chi connectivity index (χ0) is 24.2. The molecule has 0 aliphatic carbocycles. The van der Waals surface area contributed by atoms with Crippen LogP contribution in [-0.4, -0.2) is 17.9 Å². The van der Waals surface area contributed by atoms with Crippen molar-refractivity contribution in [1.29, 1.82) is 0 Å². The van der Waals surface area contributed by atoms with E-state index in [0.29, 0.717) is 11.4 Å². The lowest BCUT2D eigenvalue weighted by Crippen LogP contribution is -2.30. The molecular weight excluding hydrogens is 433 g/mol. The maximum Gasteiger partial charge on any atom is 0.416 e. The van der Waals surface area contributed by atoms with Crippen LogP contribution in [0.15, 0.2) is 66.7 Å². The fourth-order valence-corrected chi connectivity index (χ4v) is 3.00. The van der Waals surface area contributed by atoms with Gasteiger partial charge in [0.1, 0.15) is 5.75 Å². The van der Waals surface area contributed by atoms with Gasteiger partial charge in [-0.2, -0.15) is 13.2 Å². The summed E-state index contributed by atoms with van der Waals surface area (Å²) in [5.41, 5.74) is 1.79. The smallest absolute Gasteiger partial charge is 0.416 e. The Hall–Kier alpha value is -3.81. The number of amides is 2. The Labute approximate surface area is 189 Å². The van der Waals surface area contributed by atoms with Crippen molar-refractivity contribution in [2.24, 2.45) is 0 Å². The number of carbonyl (C=O) groups excluding carboxylic acids is 2. The molecule has 0 aromatic heterocycles. The number of anilines is 2. The van der Waals surface area contributed by atoms with Crippen LogP contribution in [-0.2, 0) is 11.0 Å². The number of rotatable bonds is 6. The maximum absolute atomic E-state index is 12.8. The van der Waals surface area contributed by atoms with Crippen molar-refractivity contribution in [3.8, 4) is 5.75 Å². The summed E-state index contributed by atoms with van der Waals surface area (Å²) in [5, 5.41) is 5.16. The van der Waals surface area contributed by atoms with Crippen LogP contribution >= 0.6 is 0 Å². The number of carbonyl (C=O) groups is 2. The fourth-order valence-electron chi connectivity index (χ4n) is 3.00. The highest BCUT2D eigenvalue weighted by atomic mass is 19.4. The molecule has 33 heavy (non-hydrogen) atoms. The first-order chi connectivity index (χ1) is 15.5. The molecule has 0 bridgehead atoms. The molecule has 1 atom stereocenters. The summed E-state index contributed by atoms with van der Waals surface area (Å²) < 4.78 is 44.3. The number of ether oxygens (including phenoxy) is 1. The second-order valence-electron chi connectivity index (χ2n) is 7.63. The molecule has 2 amide bonds. The largest absolute Gasteiger partial charge is 0.481 e. The molecule has 172 valence electrons. The number of nitrogens with one attached hydrogen (secondary N) is 2. The summed E-state index contributed by atoms with van der Waals surface area (Å²) in [4.78, 5) is 24.9. The number of benzene rings is 3. The predicted molar refractivity (Wildman–Crippen MR) is 120 cm³/mol. The highest BCUT2D eigenvalue weighted by molar-refractivity contribution is 6.04. The van der Waals surface area contributed by atoms with E-state index in [2.05, 4.69) is 10.6 Å². The van der Waals surface area contributed by atoms with E-state index in [9.17, 15) is 22.8 Å². The third kappa shape index (κ3) is 6.35. The van der Waals surface area contributed by atoms with Crippen LogP contribution in [0.1, 0.15) is 34.0 Å². The highest BCUT2D eigenvalue weighted by Gasteiger charge is 2.30. The van der Waals surface area contributed by atoms with E-state index in [0.717, 1.165) is 23.3 Å². The summed E-state index contributed by atoms with van der Waals surface area (Å²) in [6.45, 7) is 5.46. The lowest BCUT2D eigenvalue weighted by Gasteiger charge is -2.17. The Balaban J connectivity index is 1.61. The van der Waals surface area contributed by atoms with Crippen LogP contribution in [0.3, 0.4) is 0 Å². The van der Waals surface area contributed by atoms with Gasteiger partial charge in [-0.15, -0.1) is 0 Å². The van der Waals surface area contributed by atoms with Gasteiger partial charge in [-0.05, 0) is 80.4 Å². The average Bonchev–Trinajstić information content (AvgIpc) is 2.76. The Kier molecular flexibility index (Phi) is 7.06. The van der Waals surface area contributed by atoms with E-state index in [-0.39, 0.29) is 17.2 Å². The Morgan fingerprint density at radius 1 is 0.879 bits per heavy atom. The molecule has 3 rings (SSSR count). The van der Waals surface area contributed by atoms with Crippen molar-refractivity contribution >= 4 is 23.2 Å². The van der Waals surface area contributed by atoms with Gasteiger partial charge in [0, 0.05) is 16.9 Å². The van der Waals surface area contributed by atoms with E-state index < -0.39 is 23.8 Å². The Morgan fingerprint density at radius 3 is 2.24 bits per heavy atom. The van der Waals surface area contributed by atoms with Gasteiger partial charge in [0.05, 0.1) is 5.56 Å². The van der Waals surface area contributed by atoms with Crippen LogP contribution in [0.5, 0.6) is 5.75 Å². The summed E-state index contributed by atoms with van der Waals surface area (Å²) in [6, 6.07) is 16.1. The number of alkyl halides is 3. The summed E-state index contributed by atoms with van der Waals surface area (Å²) >= 11 is 0. The molecule has 0 fully saturated rings. The molecule has 3 aromatic carbocycles. The third-order valence-corrected chi connectivity index (χ3v) is 4.88. The molecule has 1 unspecified atom stereocenters. The van der Waals surface area contributed by atoms with Crippen molar-refractivity contribution < 1.29 is 27.5 Å². The van der Waals surface area contributed by atoms with Crippen LogP contribution in [0, 0.1) is 13.8 Å². The van der Waals surface area contributed by atoms with Gasteiger partial charge in [0.2, 0.25) is 0 Å². The predicted octanol–water partition coefficient (Wildman–Crippen LogP) is 5.98. The molecule has 0 aliphatic heterocycles. The minimum atomic E-state index is -4.50. The lowest BCUT2D eigenvalue weighted by atomic mass is 10.1. The van der Waals surface area contributed by atoms with Gasteiger partial charge in [-0.3, -0.25) is 9.59 Å². The minimum Gasteiger partial charge on any atom is -0.481 e. The van der Waals surface area contributed by atoms with Crippen molar-refractivity contribution in [1.82, 2.24) is 0 Å². The van der Waals surface area contributed by atoms with E-state index in [1.54, 1.807) is 6.92 Å². The van der Waals surface area contributed by atoms with Crippen LogP contribution in [0.25, 0.3) is 0 Å². The highest BCUT2D eigenvalue weighted by Crippen LogP contribution is 2.30. The van der Waals surface area contributed by atoms with E-state index in [1.807, 2.05) is 32.0 Å². The average molecular weight is 456 g/mol. The summed E-state index contributed by atoms with van der Waals surface area (Å²) in [6.07, 6.45) is -5.26. The molecule has 5 nitrogen and oxygen atoms in total. The molecule has 2 N–H and O–H groups in total. The van der Waals surface area contributed by atoms with Crippen LogP contribution in [0.4, 0.5) is 24.5 Å². The van der Waals surface area contributed by atoms with Crippen LogP contribution in [0.2, 0.25) is 0 Å². The number of hydrogen-bond acceptors (Lipinski definition) is 3. The molecule has 0 spiro atoms. The molecule has 0 saturated heterocycles. The fraction of sp³-hybridized carbons (Fsp3) is 0.200. The van der Waals surface area contributed by atoms with Gasteiger partial charge in [-0.1, -0.05) is 18.2 Å². The van der Waals surface area contributed by atoms with Gasteiger partial charge in [-0.25, -0.2) is 0 Å². The SMILES string of the molecule is Cc1ccc(C)c(OC(C)C(=O)Nc2ccc(C(=O)Nc3cccc(C(F)(F)F)c3)cc2)c1. The topological polar surface area (TPSA) is 67.4 Å². The number of aryl methyl sites for hydroxylation is 2. The van der Waals surface area contributed by atoms with E-state index >= 15 is 0 Å². The summed E-state index contributed by atoms with van der Waals surface area (Å²) in [7, 11) is 0. The van der Waals surface area contributed by atoms with Crippen LogP contribution < -0.4 is 15.4 Å². The van der Waals surface area contributed by atoms with Gasteiger partial charge < -0.3 is 15.4 Å². The molecular formula is C25H23F3N2O3. The molecule has 0 aliphatic rings. The van der Waals surface area contributed by atoms with Gasteiger partial charge >= 0.3 is 6.18 Å². The van der Waals surface area contributed by atoms with E-state index in [4.69, 9.17) is 4.74 Å². The Morgan fingerprint density at radius 2 is 1.58 bits per heavy atom. The lowest BCUT2D eigenvalue weighted by molar-refractivity contribution is -0.137. The molecule has 8 heteroatoms. The zero-order valence-electron chi connectivity index (χ0n) is 18.3. The van der Waals surface area contributed by atoms with Crippen molar-refractivity contribution in [3.05, 3.63) is 89.0 Å². The van der Waals surface area contributed by atoms with Gasteiger partial charge in [0.15, 0.2) is 6.10 Å². The van der Waals surface area contributed by atoms with Crippen molar-refractivity contribution in [2.75, 3.05) is 10.6 Å². The molecule has 0 saturated carbocycles. The second-order valence-corrected chi connectivity index (χ2v) is 7.63. The van der Waals surface area contributed by atoms with Crippen molar-refractivity contribution in [3.63, 3.8) is 0 Å². The Bertz CT molecular complexity index is 1160.